The van der Waals surface area contributed by atoms with Gasteiger partial charge in [0.25, 0.3) is 5.19 Å². The first-order valence-electron chi connectivity index (χ1n) is 11.1. The molecular weight excluding hydrogens is 424 g/mol. The molecule has 8 heteroatoms. The Morgan fingerprint density at radius 3 is 2.88 bits per heavy atom. The fourth-order valence-electron chi connectivity index (χ4n) is 5.23. The highest BCUT2D eigenvalue weighted by atomic mass is 32.1. The summed E-state index contributed by atoms with van der Waals surface area (Å²) in [4.78, 5) is 22.7. The molecule has 1 N–H and O–H groups in total. The maximum absolute atomic E-state index is 11.4. The van der Waals surface area contributed by atoms with Crippen molar-refractivity contribution >= 4 is 38.6 Å². The van der Waals surface area contributed by atoms with Gasteiger partial charge >= 0.3 is 0 Å². The number of nitrogens with zero attached hydrogens (tertiary/aromatic N) is 3. The number of ether oxygens (including phenoxy) is 1. The van der Waals surface area contributed by atoms with E-state index in [-0.39, 0.29) is 5.91 Å². The number of hydrogen-bond donors (Lipinski definition) is 1. The first kappa shape index (κ1) is 19.7. The molecule has 7 nitrogen and oxygen atoms in total. The normalized spacial score (nSPS) is 23.1. The van der Waals surface area contributed by atoms with Crippen LogP contribution in [0.5, 0.6) is 10.9 Å². The van der Waals surface area contributed by atoms with Crippen LogP contribution in [0.3, 0.4) is 0 Å². The number of pyridine rings is 1. The number of carbonyl (C=O) groups excluding carboxylic acids is 1. The Balaban J connectivity index is 1.17. The molecule has 32 heavy (non-hydrogen) atoms. The van der Waals surface area contributed by atoms with Crippen molar-refractivity contribution in [3.05, 3.63) is 48.4 Å². The van der Waals surface area contributed by atoms with Gasteiger partial charge in [0.2, 0.25) is 5.91 Å². The molecule has 2 aliphatic rings. The number of thiazole rings is 1. The summed E-state index contributed by atoms with van der Waals surface area (Å²) in [6.45, 7) is 2.41. The summed E-state index contributed by atoms with van der Waals surface area (Å²) in [6, 6.07) is 13.2. The Bertz CT molecular complexity index is 1250. The van der Waals surface area contributed by atoms with Crippen molar-refractivity contribution in [2.24, 2.45) is 0 Å². The van der Waals surface area contributed by atoms with Crippen molar-refractivity contribution in [3.63, 3.8) is 0 Å². The Morgan fingerprint density at radius 2 is 2.09 bits per heavy atom. The predicted molar refractivity (Wildman–Crippen MR) is 123 cm³/mol. The van der Waals surface area contributed by atoms with Gasteiger partial charge < -0.3 is 14.5 Å². The number of rotatable bonds is 5. The quantitative estimate of drug-likeness (QED) is 0.470. The Kier molecular flexibility index (Phi) is 4.84. The van der Waals surface area contributed by atoms with Crippen LogP contribution in [0.2, 0.25) is 0 Å². The molecule has 1 amide bonds. The predicted octanol–water partition coefficient (Wildman–Crippen LogP) is 4.86. The number of benzene rings is 1. The number of fused-ring (bicyclic) bond motifs is 4. The molecule has 2 saturated heterocycles. The Morgan fingerprint density at radius 1 is 1.25 bits per heavy atom. The van der Waals surface area contributed by atoms with Crippen LogP contribution in [0.1, 0.15) is 38.4 Å². The Labute approximate surface area is 189 Å². The zero-order valence-electron chi connectivity index (χ0n) is 17.8. The van der Waals surface area contributed by atoms with E-state index in [4.69, 9.17) is 9.15 Å². The third-order valence-corrected chi connectivity index (χ3v) is 7.41. The van der Waals surface area contributed by atoms with Crippen molar-refractivity contribution in [2.45, 2.75) is 57.3 Å². The molecule has 6 rings (SSSR count). The zero-order chi connectivity index (χ0) is 21.7. The number of hydrogen-bond acceptors (Lipinski definition) is 7. The molecule has 2 atom stereocenters. The van der Waals surface area contributed by atoms with E-state index in [0.29, 0.717) is 29.0 Å². The van der Waals surface area contributed by atoms with Crippen molar-refractivity contribution in [1.82, 2.24) is 20.2 Å². The summed E-state index contributed by atoms with van der Waals surface area (Å²) in [5, 5.41) is 4.72. The summed E-state index contributed by atoms with van der Waals surface area (Å²) in [7, 11) is 0. The van der Waals surface area contributed by atoms with E-state index < -0.39 is 0 Å². The van der Waals surface area contributed by atoms with Crippen molar-refractivity contribution < 1.29 is 13.9 Å². The molecule has 0 aliphatic carbocycles. The molecule has 164 valence electrons. The number of aromatic nitrogens is 2. The first-order chi connectivity index (χ1) is 15.6. The van der Waals surface area contributed by atoms with Gasteiger partial charge in [-0.3, -0.25) is 9.69 Å². The van der Waals surface area contributed by atoms with Crippen LogP contribution in [0.4, 0.5) is 0 Å². The van der Waals surface area contributed by atoms with E-state index in [9.17, 15) is 4.79 Å². The summed E-state index contributed by atoms with van der Waals surface area (Å²) >= 11 is 1.48. The van der Waals surface area contributed by atoms with Crippen LogP contribution in [0.25, 0.3) is 21.3 Å². The summed E-state index contributed by atoms with van der Waals surface area (Å²) < 4.78 is 13.2. The third kappa shape index (κ3) is 3.73. The minimum absolute atomic E-state index is 0.0697. The molecule has 0 radical (unpaired) electrons. The first-order valence-corrected chi connectivity index (χ1v) is 11.9. The van der Waals surface area contributed by atoms with Gasteiger partial charge in [-0.1, -0.05) is 11.3 Å². The molecule has 3 aromatic heterocycles. The maximum Gasteiger partial charge on any atom is 0.281 e. The van der Waals surface area contributed by atoms with Crippen LogP contribution >= 0.6 is 11.3 Å². The monoisotopic (exact) mass is 448 g/mol. The second-order valence-corrected chi connectivity index (χ2v) is 9.74. The molecule has 2 aliphatic heterocycles. The number of carbonyl (C=O) groups is 1. The van der Waals surface area contributed by atoms with Crippen LogP contribution in [-0.2, 0) is 11.3 Å². The van der Waals surface area contributed by atoms with E-state index in [2.05, 4.69) is 26.3 Å². The van der Waals surface area contributed by atoms with Gasteiger partial charge in [0.05, 0.1) is 11.2 Å². The molecule has 2 unspecified atom stereocenters. The highest BCUT2D eigenvalue weighted by molar-refractivity contribution is 7.20. The van der Waals surface area contributed by atoms with Gasteiger partial charge in [-0.15, -0.1) is 0 Å². The smallest absolute Gasteiger partial charge is 0.281 e. The average Bonchev–Trinajstić information content (AvgIpc) is 3.41. The third-order valence-electron chi connectivity index (χ3n) is 6.52. The molecule has 1 aromatic carbocycles. The largest absolute Gasteiger partial charge is 0.460 e. The highest BCUT2D eigenvalue weighted by Crippen LogP contribution is 2.38. The zero-order valence-corrected chi connectivity index (χ0v) is 18.6. The van der Waals surface area contributed by atoms with Gasteiger partial charge in [-0.2, -0.15) is 4.98 Å². The lowest BCUT2D eigenvalue weighted by Crippen LogP contribution is -2.49. The van der Waals surface area contributed by atoms with E-state index >= 15 is 0 Å². The molecule has 4 aromatic rings. The topological polar surface area (TPSA) is 80.5 Å². The molecular formula is C24H24N4O3S. The molecule has 2 fully saturated rings. The van der Waals surface area contributed by atoms with Gasteiger partial charge in [0.1, 0.15) is 17.1 Å². The van der Waals surface area contributed by atoms with E-state index in [1.165, 1.54) is 24.2 Å². The number of furan rings is 1. The lowest BCUT2D eigenvalue weighted by Gasteiger charge is -2.38. The Hall–Kier alpha value is -2.97. The van der Waals surface area contributed by atoms with Crippen LogP contribution in [0.15, 0.2) is 47.0 Å². The van der Waals surface area contributed by atoms with Gasteiger partial charge in [0, 0.05) is 36.6 Å². The standard InChI is InChI=1S/C24H24N4O3S/c1-14(29)26-16-11-17-4-5-18(12-16)28(17)13-20-10-15-9-19(6-7-21(15)30-20)31-24-27-23-22(32-24)3-2-8-25-23/h2-3,6-10,16-18H,4-5,11-13H2,1H3,(H,26,29). The van der Waals surface area contributed by atoms with E-state index in [1.807, 2.05) is 30.3 Å². The second-order valence-electron chi connectivity index (χ2n) is 8.75. The van der Waals surface area contributed by atoms with Crippen molar-refractivity contribution in [3.8, 4) is 10.9 Å². The van der Waals surface area contributed by atoms with E-state index in [0.717, 1.165) is 46.6 Å². The molecule has 2 bridgehead atoms. The van der Waals surface area contributed by atoms with Crippen molar-refractivity contribution in [2.75, 3.05) is 0 Å². The highest BCUT2D eigenvalue weighted by Gasteiger charge is 2.41. The summed E-state index contributed by atoms with van der Waals surface area (Å²) in [6.07, 6.45) is 6.15. The van der Waals surface area contributed by atoms with Crippen molar-refractivity contribution in [1.29, 1.82) is 0 Å². The van der Waals surface area contributed by atoms with Crippen LogP contribution in [-0.4, -0.2) is 38.9 Å². The minimum Gasteiger partial charge on any atom is -0.460 e. The van der Waals surface area contributed by atoms with E-state index in [1.54, 1.807) is 13.1 Å². The number of amides is 1. The number of piperidine rings is 1. The lowest BCUT2D eigenvalue weighted by atomic mass is 9.97. The minimum atomic E-state index is 0.0697. The van der Waals surface area contributed by atoms with Gasteiger partial charge in [-0.05, 0) is 62.1 Å². The SMILES string of the molecule is CC(=O)NC1CC2CCC(C1)N2Cc1cc2cc(Oc3nc4ncccc4s3)ccc2o1. The number of nitrogens with one attached hydrogen (secondary N) is 1. The maximum atomic E-state index is 11.4. The lowest BCUT2D eigenvalue weighted by molar-refractivity contribution is -0.120. The van der Waals surface area contributed by atoms with Crippen LogP contribution in [0, 0.1) is 0 Å². The molecule has 5 heterocycles. The molecule has 0 spiro atoms. The van der Waals surface area contributed by atoms with Crippen LogP contribution < -0.4 is 10.1 Å². The van der Waals surface area contributed by atoms with Gasteiger partial charge in [0.15, 0.2) is 5.65 Å². The second kappa shape index (κ2) is 7.86. The fourth-order valence-corrected chi connectivity index (χ4v) is 6.02. The van der Waals surface area contributed by atoms with Gasteiger partial charge in [-0.25, -0.2) is 4.98 Å². The summed E-state index contributed by atoms with van der Waals surface area (Å²) in [5.41, 5.74) is 1.56. The fraction of sp³-hybridized carbons (Fsp3) is 0.375. The summed E-state index contributed by atoms with van der Waals surface area (Å²) in [5.74, 6) is 1.77. The average molecular weight is 449 g/mol. The molecule has 0 saturated carbocycles.